The topological polar surface area (TPSA) is 54.4 Å². The molecule has 0 aromatic heterocycles. The molecule has 6 heteroatoms. The van der Waals surface area contributed by atoms with Gasteiger partial charge in [0.1, 0.15) is 0 Å². The van der Waals surface area contributed by atoms with Crippen molar-refractivity contribution in [2.45, 2.75) is 32.4 Å². The van der Waals surface area contributed by atoms with Gasteiger partial charge in [-0.2, -0.15) is 5.10 Å². The highest BCUT2D eigenvalue weighted by molar-refractivity contribution is 6.03. The molecule has 0 spiro atoms. The monoisotopic (exact) mass is 453 g/mol. The summed E-state index contributed by atoms with van der Waals surface area (Å²) < 4.78 is 11.1. The highest BCUT2D eigenvalue weighted by Gasteiger charge is 2.35. The van der Waals surface area contributed by atoms with Crippen LogP contribution in [-0.2, 0) is 17.8 Å². The summed E-state index contributed by atoms with van der Waals surface area (Å²) in [7, 11) is 0. The SMILES string of the molecule is Cc1ccc(C2=NN(C(=O)CN3CCc4ccccc4C3)[C@H](c3ccc4c(c3)OCO4)C2)cc1. The number of amides is 1. The predicted octanol–water partition coefficient (Wildman–Crippen LogP) is 4.46. The van der Waals surface area contributed by atoms with E-state index in [2.05, 4.69) is 60.4 Å². The molecule has 0 saturated carbocycles. The number of fused-ring (bicyclic) bond motifs is 2. The number of benzene rings is 3. The molecule has 1 atom stereocenters. The fraction of sp³-hybridized carbons (Fsp3) is 0.286. The van der Waals surface area contributed by atoms with Gasteiger partial charge in [0.2, 0.25) is 6.79 Å². The lowest BCUT2D eigenvalue weighted by Gasteiger charge is -2.30. The first-order valence-corrected chi connectivity index (χ1v) is 11.8. The number of rotatable bonds is 4. The van der Waals surface area contributed by atoms with Gasteiger partial charge >= 0.3 is 0 Å². The van der Waals surface area contributed by atoms with Crippen molar-refractivity contribution < 1.29 is 14.3 Å². The fourth-order valence-electron chi connectivity index (χ4n) is 4.99. The third-order valence-electron chi connectivity index (χ3n) is 6.90. The largest absolute Gasteiger partial charge is 0.454 e. The molecule has 172 valence electrons. The Bertz CT molecular complexity index is 1270. The van der Waals surface area contributed by atoms with E-state index in [-0.39, 0.29) is 18.7 Å². The third kappa shape index (κ3) is 3.94. The standard InChI is InChI=1S/C28H27N3O3/c1-19-6-8-21(9-7-19)24-15-25(22-10-11-26-27(14-22)34-18-33-26)31(29-24)28(32)17-30-13-12-20-4-2-3-5-23(20)16-30/h2-11,14,25H,12-13,15-18H2,1H3/t25-/m0/s1. The van der Waals surface area contributed by atoms with E-state index in [0.29, 0.717) is 13.0 Å². The lowest BCUT2D eigenvalue weighted by Crippen LogP contribution is -2.40. The molecule has 0 bridgehead atoms. The minimum atomic E-state index is -0.171. The highest BCUT2D eigenvalue weighted by Crippen LogP contribution is 2.39. The quantitative estimate of drug-likeness (QED) is 0.585. The average Bonchev–Trinajstić information content (AvgIpc) is 3.51. The number of hydrogen-bond acceptors (Lipinski definition) is 5. The molecule has 0 saturated heterocycles. The van der Waals surface area contributed by atoms with Gasteiger partial charge in [-0.05, 0) is 47.7 Å². The Morgan fingerprint density at radius 3 is 2.65 bits per heavy atom. The van der Waals surface area contributed by atoms with Crippen LogP contribution in [0.5, 0.6) is 11.5 Å². The van der Waals surface area contributed by atoms with Crippen LogP contribution in [0, 0.1) is 6.92 Å². The van der Waals surface area contributed by atoms with Crippen LogP contribution in [0.1, 0.15) is 40.3 Å². The molecule has 1 amide bonds. The van der Waals surface area contributed by atoms with Crippen LogP contribution in [-0.4, -0.2) is 41.4 Å². The Morgan fingerprint density at radius 1 is 1.00 bits per heavy atom. The van der Waals surface area contributed by atoms with Crippen LogP contribution in [0.2, 0.25) is 0 Å². The highest BCUT2D eigenvalue weighted by atomic mass is 16.7. The zero-order valence-corrected chi connectivity index (χ0v) is 19.2. The van der Waals surface area contributed by atoms with Crippen LogP contribution >= 0.6 is 0 Å². The molecule has 3 aromatic carbocycles. The molecule has 3 aliphatic heterocycles. The molecule has 3 aromatic rings. The first kappa shape index (κ1) is 20.9. The van der Waals surface area contributed by atoms with Gasteiger partial charge in [0.15, 0.2) is 11.5 Å². The van der Waals surface area contributed by atoms with Gasteiger partial charge in [0.25, 0.3) is 5.91 Å². The molecule has 0 aliphatic carbocycles. The van der Waals surface area contributed by atoms with Crippen LogP contribution in [0.4, 0.5) is 0 Å². The second kappa shape index (κ2) is 8.61. The van der Waals surface area contributed by atoms with Gasteiger partial charge in [-0.15, -0.1) is 0 Å². The maximum atomic E-state index is 13.6. The minimum absolute atomic E-state index is 0.0177. The van der Waals surface area contributed by atoms with Crippen molar-refractivity contribution in [1.29, 1.82) is 0 Å². The summed E-state index contributed by atoms with van der Waals surface area (Å²) in [5, 5.41) is 6.54. The Kier molecular flexibility index (Phi) is 5.30. The molecule has 3 heterocycles. The molecule has 0 unspecified atom stereocenters. The lowest BCUT2D eigenvalue weighted by atomic mass is 9.97. The van der Waals surface area contributed by atoms with E-state index in [1.807, 2.05) is 18.2 Å². The van der Waals surface area contributed by atoms with E-state index in [9.17, 15) is 4.79 Å². The molecule has 6 nitrogen and oxygen atoms in total. The van der Waals surface area contributed by atoms with Crippen molar-refractivity contribution in [3.8, 4) is 11.5 Å². The van der Waals surface area contributed by atoms with E-state index >= 15 is 0 Å². The van der Waals surface area contributed by atoms with E-state index < -0.39 is 0 Å². The Hall–Kier alpha value is -3.64. The van der Waals surface area contributed by atoms with Crippen molar-refractivity contribution in [1.82, 2.24) is 9.91 Å². The smallest absolute Gasteiger partial charge is 0.257 e. The number of carbonyl (C=O) groups is 1. The summed E-state index contributed by atoms with van der Waals surface area (Å²) in [5.74, 6) is 1.48. The Labute approximate surface area is 199 Å². The molecule has 0 radical (unpaired) electrons. The Morgan fingerprint density at radius 2 is 1.79 bits per heavy atom. The number of hydrazone groups is 1. The summed E-state index contributed by atoms with van der Waals surface area (Å²) in [6.07, 6.45) is 1.63. The second-order valence-electron chi connectivity index (χ2n) is 9.21. The summed E-state index contributed by atoms with van der Waals surface area (Å²) in [6, 6.07) is 22.6. The molecular weight excluding hydrogens is 426 g/mol. The van der Waals surface area contributed by atoms with Gasteiger partial charge in [-0.3, -0.25) is 9.69 Å². The fourth-order valence-corrected chi connectivity index (χ4v) is 4.99. The van der Waals surface area contributed by atoms with Gasteiger partial charge in [-0.1, -0.05) is 60.2 Å². The van der Waals surface area contributed by atoms with Crippen LogP contribution in [0.15, 0.2) is 71.8 Å². The van der Waals surface area contributed by atoms with Crippen molar-refractivity contribution in [2.75, 3.05) is 19.9 Å². The van der Waals surface area contributed by atoms with Crippen molar-refractivity contribution in [3.63, 3.8) is 0 Å². The molecule has 34 heavy (non-hydrogen) atoms. The van der Waals surface area contributed by atoms with E-state index in [4.69, 9.17) is 14.6 Å². The van der Waals surface area contributed by atoms with Crippen molar-refractivity contribution >= 4 is 11.6 Å². The maximum Gasteiger partial charge on any atom is 0.257 e. The van der Waals surface area contributed by atoms with Crippen molar-refractivity contribution in [2.24, 2.45) is 5.10 Å². The summed E-state index contributed by atoms with van der Waals surface area (Å²) in [4.78, 5) is 15.8. The number of nitrogens with zero attached hydrogens (tertiary/aromatic N) is 3. The van der Waals surface area contributed by atoms with Crippen LogP contribution in [0.25, 0.3) is 0 Å². The van der Waals surface area contributed by atoms with Gasteiger partial charge in [0, 0.05) is 19.5 Å². The zero-order chi connectivity index (χ0) is 23.1. The minimum Gasteiger partial charge on any atom is -0.454 e. The van der Waals surface area contributed by atoms with Crippen molar-refractivity contribution in [3.05, 3.63) is 94.5 Å². The second-order valence-corrected chi connectivity index (χ2v) is 9.21. The molecule has 6 rings (SSSR count). The molecule has 0 fully saturated rings. The van der Waals surface area contributed by atoms with E-state index in [1.165, 1.54) is 16.7 Å². The zero-order valence-electron chi connectivity index (χ0n) is 19.2. The van der Waals surface area contributed by atoms with Gasteiger partial charge in [0.05, 0.1) is 18.3 Å². The Balaban J connectivity index is 1.27. The summed E-state index contributed by atoms with van der Waals surface area (Å²) in [5.41, 5.74) is 6.88. The number of aryl methyl sites for hydroxylation is 1. The average molecular weight is 454 g/mol. The lowest BCUT2D eigenvalue weighted by molar-refractivity contribution is -0.134. The normalized spacial score (nSPS) is 19.1. The third-order valence-corrected chi connectivity index (χ3v) is 6.90. The molecule has 3 aliphatic rings. The maximum absolute atomic E-state index is 13.6. The number of hydrogen-bond donors (Lipinski definition) is 0. The van der Waals surface area contributed by atoms with E-state index in [1.54, 1.807) is 5.01 Å². The van der Waals surface area contributed by atoms with Gasteiger partial charge < -0.3 is 9.47 Å². The number of carbonyl (C=O) groups excluding carboxylic acids is 1. The first-order chi connectivity index (χ1) is 16.6. The number of ether oxygens (including phenoxy) is 2. The van der Waals surface area contributed by atoms with Crippen LogP contribution in [0.3, 0.4) is 0 Å². The van der Waals surface area contributed by atoms with Crippen LogP contribution < -0.4 is 9.47 Å². The summed E-state index contributed by atoms with van der Waals surface area (Å²) in [6.45, 7) is 4.31. The predicted molar refractivity (Wildman–Crippen MR) is 130 cm³/mol. The van der Waals surface area contributed by atoms with Gasteiger partial charge in [-0.25, -0.2) is 5.01 Å². The summed E-state index contributed by atoms with van der Waals surface area (Å²) >= 11 is 0. The molecule has 0 N–H and O–H groups in total. The van der Waals surface area contributed by atoms with E-state index in [0.717, 1.165) is 47.8 Å². The first-order valence-electron chi connectivity index (χ1n) is 11.8. The molecular formula is C28H27N3O3.